The van der Waals surface area contributed by atoms with Gasteiger partial charge in [0.2, 0.25) is 29.3 Å². The van der Waals surface area contributed by atoms with Crippen molar-refractivity contribution in [2.45, 2.75) is 485 Å². The maximum Gasteiger partial charge on any atom is 0.410 e. The summed E-state index contributed by atoms with van der Waals surface area (Å²) in [4.78, 5) is 133. The zero-order valence-electron chi connectivity index (χ0n) is 105. The molecule has 11 fully saturated rings. The smallest absolute Gasteiger partial charge is 0.410 e. The van der Waals surface area contributed by atoms with Gasteiger partial charge < -0.3 is 78.7 Å². The number of piperidine rings is 4. The average molecular weight is 2120 g/mol. The van der Waals surface area contributed by atoms with E-state index in [-0.39, 0.29) is 84.9 Å². The molecule has 0 bridgehead atoms. The number of halogens is 3. The number of nitrogens with zero attached hydrogens (tertiary/aromatic N) is 18. The van der Waals surface area contributed by atoms with Gasteiger partial charge in [-0.2, -0.15) is 0 Å². The SMILES string of the molecule is CC(C)CC1CN(C(C)C)C1.CC(C)N(C)C(=O)C1CN(C(C)C)C1C.CC(C)N1CC(C(=O)N(C)C(C)C)C1.CC(C)N1CC(F)(C(=O)N(C)C(C)C)C1.CC(C)N1CC(OC(=O)N(C)C(C)C)C1.CC(C)N1CC2C(C1)C2C(=O)N(C)C(C)C.CC(C)N1CCC(C(=O)N(C)C(C)C)CC1.CC(C)N1CCC(F)(C(=O)N(C)C(C)C)CC1.CC(C)N1CCC(F)(C(=O)N(C)C(C)C)CC1.CC(C)NC1CC1CN(C)C(C)C. The quantitative estimate of drug-likeness (QED) is 0.0662. The van der Waals surface area contributed by atoms with Crippen molar-refractivity contribution in [1.29, 1.82) is 0 Å². The minimum absolute atomic E-state index is 0.0539. The Labute approximate surface area is 912 Å². The first kappa shape index (κ1) is 140. The standard InChI is InChI=1S/2C13H25FN2O.C13H24N2O.C13H26N2O.C12H24N2O.C11H21FN2O.C11H22N2O2.C11H22N2O.C11H24N2.C10H21N/c2*1-10(2)15(5)12(17)13(14)6-8-16(9-7-13)11(3)4;1-8(2)14(5)13(16)12-10-6-15(9(3)4)7-11(10)12;1-10(2)14(5)13(16)12-6-8-15(9-7-12)11(3)4;1-8(2)13(6)12(15)11-7-14(9(3)4)10(11)5;1-8(2)13(5)10(15)11(12)6-14(7-11)9(3)4;1-8(2)12(5)11(14)15-10-6-13(7-10)9(3)4;1-8(2)12(5)11(14)10-6-13(7-10)9(3)4;1-8(2)12-11-6-10(11)7-13(5)9(3)4;1-8(2)5-10-6-11(7-10)9(3)4/h2*10-11H,6-9H2,1-5H3;8-12H,6-7H2,1-5H3;10-12H,6-9H2,1-5H3;8-11H,7H2,1-6H3;8-9H,6-7H2,1-5H3;8-10H,6-7H2,1-5H3;8-10H,6-7H2,1-5H3;8-12H,6-7H2,1-5H3;8-10H,5-7H2,1-4H3. The molecule has 11 aliphatic rings. The molecule has 9 saturated heterocycles. The molecule has 0 aromatic rings. The predicted octanol–water partition coefficient (Wildman–Crippen LogP) is 17.2. The number of alkyl halides is 3. The molecule has 9 aliphatic heterocycles. The summed E-state index contributed by atoms with van der Waals surface area (Å²) in [5.41, 5.74) is -4.95. The van der Waals surface area contributed by atoms with Gasteiger partial charge in [0.05, 0.1) is 11.8 Å². The highest BCUT2D eigenvalue weighted by Gasteiger charge is 2.61. The van der Waals surface area contributed by atoms with Gasteiger partial charge in [0.15, 0.2) is 11.3 Å². The lowest BCUT2D eigenvalue weighted by atomic mass is 9.87. The fourth-order valence-electron chi connectivity index (χ4n) is 19.7. The Hall–Kier alpha value is -5.09. The molecule has 6 atom stereocenters. The first-order valence-electron chi connectivity index (χ1n) is 58.5. The van der Waals surface area contributed by atoms with E-state index < -0.39 is 17.0 Å². The van der Waals surface area contributed by atoms with Crippen LogP contribution in [0, 0.1) is 53.3 Å². The van der Waals surface area contributed by atoms with Gasteiger partial charge in [0, 0.05) is 325 Å². The molecule has 0 spiro atoms. The van der Waals surface area contributed by atoms with Crippen LogP contribution in [0.15, 0.2) is 0 Å². The topological polar surface area (TPSA) is 216 Å². The van der Waals surface area contributed by atoms with Crippen LogP contribution in [-0.2, 0) is 38.3 Å². The lowest BCUT2D eigenvalue weighted by molar-refractivity contribution is -0.158. The highest BCUT2D eigenvalue weighted by molar-refractivity contribution is 5.88. The highest BCUT2D eigenvalue weighted by atomic mass is 19.2. The maximum atomic E-state index is 14.6. The highest BCUT2D eigenvalue weighted by Crippen LogP contribution is 2.53. The van der Waals surface area contributed by atoms with E-state index in [4.69, 9.17) is 4.74 Å². The van der Waals surface area contributed by atoms with Crippen molar-refractivity contribution in [1.82, 2.24) is 93.5 Å². The summed E-state index contributed by atoms with van der Waals surface area (Å²) < 4.78 is 48.6. The molecule has 149 heavy (non-hydrogen) atoms. The Morgan fingerprint density at radius 2 is 0.638 bits per heavy atom. The molecule has 0 radical (unpaired) electrons. The largest absolute Gasteiger partial charge is 0.443 e. The summed E-state index contributed by atoms with van der Waals surface area (Å²) in [6.45, 7) is 103. The van der Waals surface area contributed by atoms with Crippen LogP contribution in [0.1, 0.15) is 335 Å². The lowest BCUT2D eigenvalue weighted by Crippen LogP contribution is -2.68. The van der Waals surface area contributed by atoms with Crippen molar-refractivity contribution in [3.63, 3.8) is 0 Å². The van der Waals surface area contributed by atoms with Gasteiger partial charge in [0.1, 0.15) is 6.10 Å². The summed E-state index contributed by atoms with van der Waals surface area (Å²) in [6, 6.07) is 8.97. The molecule has 0 aromatic heterocycles. The minimum atomic E-state index is -1.65. The molecule has 1 N–H and O–H groups in total. The van der Waals surface area contributed by atoms with E-state index >= 15 is 0 Å². The molecule has 2 aliphatic carbocycles. The normalized spacial score (nSPS) is 22.8. The van der Waals surface area contributed by atoms with Gasteiger partial charge in [-0.25, -0.2) is 18.0 Å². The van der Waals surface area contributed by atoms with Crippen LogP contribution in [0.4, 0.5) is 18.0 Å². The van der Waals surface area contributed by atoms with E-state index in [2.05, 4.69) is 271 Å². The Morgan fingerprint density at radius 3 is 0.953 bits per heavy atom. The van der Waals surface area contributed by atoms with Crippen molar-refractivity contribution >= 4 is 47.4 Å². The number of nitrogens with one attached hydrogen (secondary N) is 1. The second-order valence-electron chi connectivity index (χ2n) is 51.8. The van der Waals surface area contributed by atoms with Crippen LogP contribution < -0.4 is 5.32 Å². The lowest BCUT2D eigenvalue weighted by Gasteiger charge is -2.49. The van der Waals surface area contributed by atoms with Crippen molar-refractivity contribution < 1.29 is 56.3 Å². The van der Waals surface area contributed by atoms with E-state index in [0.29, 0.717) is 184 Å². The average Bonchev–Trinajstić information content (AvgIpc) is 1.56. The van der Waals surface area contributed by atoms with Crippen molar-refractivity contribution in [2.75, 3.05) is 181 Å². The summed E-state index contributed by atoms with van der Waals surface area (Å²) in [5, 5.41) is 3.58. The summed E-state index contributed by atoms with van der Waals surface area (Å²) in [6.07, 6.45) is 5.99. The number of fused-ring (bicyclic) bond motifs is 1. The maximum absolute atomic E-state index is 14.6. The van der Waals surface area contributed by atoms with Gasteiger partial charge >= 0.3 is 6.09 Å². The summed E-state index contributed by atoms with van der Waals surface area (Å²) in [5.74, 6) is 5.34. The third-order valence-electron chi connectivity index (χ3n) is 33.9. The Balaban J connectivity index is 0.000000560. The predicted molar refractivity (Wildman–Crippen MR) is 615 cm³/mol. The number of carbonyl (C=O) groups excluding carboxylic acids is 8. The number of hydrogen-bond donors (Lipinski definition) is 1. The molecule has 6 unspecified atom stereocenters. The van der Waals surface area contributed by atoms with Crippen molar-refractivity contribution in [3.8, 4) is 0 Å². The van der Waals surface area contributed by atoms with Crippen molar-refractivity contribution in [2.24, 2.45) is 53.3 Å². The first-order chi connectivity index (χ1) is 68.5. The third-order valence-corrected chi connectivity index (χ3v) is 33.9. The zero-order chi connectivity index (χ0) is 115. The molecule has 28 nitrogen and oxygen atoms in total. The van der Waals surface area contributed by atoms with Gasteiger partial charge in [-0.1, -0.05) is 27.7 Å². The molecule has 11 rings (SSSR count). The fourth-order valence-corrected chi connectivity index (χ4v) is 19.7. The third kappa shape index (κ3) is 44.4. The number of likely N-dealkylation sites (tertiary alicyclic amines) is 9. The number of hydrogen-bond acceptors (Lipinski definition) is 20. The molecule has 876 valence electrons. The molecule has 8 amide bonds. The van der Waals surface area contributed by atoms with Crippen LogP contribution in [-0.4, -0.2) is 467 Å². The van der Waals surface area contributed by atoms with Crippen LogP contribution in [0.5, 0.6) is 0 Å². The van der Waals surface area contributed by atoms with Gasteiger partial charge in [-0.3, -0.25) is 53.2 Å². The van der Waals surface area contributed by atoms with Gasteiger partial charge in [0.25, 0.3) is 17.7 Å². The Kier molecular flexibility index (Phi) is 60.2. The first-order valence-corrected chi connectivity index (χ1v) is 58.5. The van der Waals surface area contributed by atoms with Crippen LogP contribution >= 0.6 is 0 Å². The number of amides is 8. The number of ether oxygens (including phenoxy) is 1. The molecule has 31 heteroatoms. The van der Waals surface area contributed by atoms with E-state index in [0.717, 1.165) is 102 Å². The number of rotatable bonds is 32. The van der Waals surface area contributed by atoms with E-state index in [1.54, 1.807) is 33.1 Å². The second-order valence-corrected chi connectivity index (χ2v) is 51.8. The van der Waals surface area contributed by atoms with Crippen LogP contribution in [0.2, 0.25) is 0 Å². The Morgan fingerprint density at radius 1 is 0.329 bits per heavy atom. The van der Waals surface area contributed by atoms with E-state index in [1.165, 1.54) is 47.2 Å². The molecule has 2 saturated carbocycles. The second kappa shape index (κ2) is 64.1. The molecular weight excluding hydrogens is 1880 g/mol. The molecular formula is C118H234F3N19O9. The monoisotopic (exact) mass is 2120 g/mol. The van der Waals surface area contributed by atoms with E-state index in [1.807, 2.05) is 122 Å². The summed E-state index contributed by atoms with van der Waals surface area (Å²) in [7, 11) is 16.7. The Bertz CT molecular complexity index is 3740. The van der Waals surface area contributed by atoms with Crippen LogP contribution in [0.25, 0.3) is 0 Å². The molecule has 0 aromatic carbocycles. The zero-order valence-corrected chi connectivity index (χ0v) is 105. The molecule has 9 heterocycles. The minimum Gasteiger partial charge on any atom is -0.443 e. The van der Waals surface area contributed by atoms with E-state index in [9.17, 15) is 51.5 Å². The summed E-state index contributed by atoms with van der Waals surface area (Å²) >= 11 is 0. The van der Waals surface area contributed by atoms with Crippen LogP contribution in [0.3, 0.4) is 0 Å². The van der Waals surface area contributed by atoms with Crippen molar-refractivity contribution in [3.05, 3.63) is 0 Å². The number of carbonyl (C=O) groups is 8. The van der Waals surface area contributed by atoms with Gasteiger partial charge in [-0.15, -0.1) is 0 Å². The fraction of sp³-hybridized carbons (Fsp3) is 0.932. The van der Waals surface area contributed by atoms with Gasteiger partial charge in [-0.05, 0) is 332 Å².